The highest BCUT2D eigenvalue weighted by molar-refractivity contribution is 7.89. The van der Waals surface area contributed by atoms with Gasteiger partial charge in [-0.25, -0.2) is 18.1 Å². The predicted molar refractivity (Wildman–Crippen MR) is 71.7 cm³/mol. The normalized spacial score (nSPS) is 11.7. The lowest BCUT2D eigenvalue weighted by Crippen LogP contribution is -2.25. The minimum Gasteiger partial charge on any atom is -0.382 e. The Hall–Kier alpha value is -0.730. The average molecular weight is 309 g/mol. The van der Waals surface area contributed by atoms with Crippen molar-refractivity contribution in [2.75, 3.05) is 33.5 Å². The van der Waals surface area contributed by atoms with Crippen LogP contribution in [-0.2, 0) is 19.5 Å². The number of sulfonamides is 1. The molecule has 1 aromatic rings. The average Bonchev–Trinajstić information content (AvgIpc) is 2.38. The standard InChI is InChI=1S/C11H17ClN2O4S/c1-17-7-8-18-6-2-5-14-19(15,16)10-3-4-11(12)13-9-10/h3-4,9,14H,2,5-8H2,1H3. The van der Waals surface area contributed by atoms with E-state index in [4.69, 9.17) is 21.1 Å². The summed E-state index contributed by atoms with van der Waals surface area (Å²) in [6.07, 6.45) is 1.81. The van der Waals surface area contributed by atoms with Crippen LogP contribution in [0.1, 0.15) is 6.42 Å². The first-order chi connectivity index (χ1) is 9.06. The highest BCUT2D eigenvalue weighted by Gasteiger charge is 2.13. The molecule has 0 spiro atoms. The molecule has 19 heavy (non-hydrogen) atoms. The van der Waals surface area contributed by atoms with Crippen molar-refractivity contribution in [1.82, 2.24) is 9.71 Å². The van der Waals surface area contributed by atoms with Crippen molar-refractivity contribution < 1.29 is 17.9 Å². The van der Waals surface area contributed by atoms with Crippen LogP contribution in [0.25, 0.3) is 0 Å². The molecule has 0 unspecified atom stereocenters. The lowest BCUT2D eigenvalue weighted by Gasteiger charge is -2.07. The summed E-state index contributed by atoms with van der Waals surface area (Å²) in [5, 5.41) is 0.255. The van der Waals surface area contributed by atoms with Gasteiger partial charge in [-0.05, 0) is 18.6 Å². The van der Waals surface area contributed by atoms with Crippen LogP contribution in [-0.4, -0.2) is 46.9 Å². The van der Waals surface area contributed by atoms with E-state index in [0.717, 1.165) is 0 Å². The Morgan fingerprint density at radius 1 is 1.32 bits per heavy atom. The second-order valence-corrected chi connectivity index (χ2v) is 5.83. The van der Waals surface area contributed by atoms with E-state index in [9.17, 15) is 8.42 Å². The molecule has 0 aliphatic rings. The number of nitrogens with zero attached hydrogens (tertiary/aromatic N) is 1. The Kier molecular flexibility index (Phi) is 7.25. The van der Waals surface area contributed by atoms with Gasteiger partial charge in [0.15, 0.2) is 0 Å². The summed E-state index contributed by atoms with van der Waals surface area (Å²) >= 11 is 5.60. The van der Waals surface area contributed by atoms with Gasteiger partial charge in [0.05, 0.1) is 13.2 Å². The van der Waals surface area contributed by atoms with E-state index < -0.39 is 10.0 Å². The molecule has 6 nitrogen and oxygen atoms in total. The molecular formula is C11H17ClN2O4S. The van der Waals surface area contributed by atoms with Crippen LogP contribution >= 0.6 is 11.6 Å². The number of halogens is 1. The van der Waals surface area contributed by atoms with Crippen LogP contribution in [0.5, 0.6) is 0 Å². The smallest absolute Gasteiger partial charge is 0.242 e. The second kappa shape index (κ2) is 8.44. The highest BCUT2D eigenvalue weighted by atomic mass is 35.5. The fourth-order valence-electron chi connectivity index (χ4n) is 1.23. The molecule has 0 radical (unpaired) electrons. The molecule has 8 heteroatoms. The fourth-order valence-corrected chi connectivity index (χ4v) is 2.36. The maximum Gasteiger partial charge on any atom is 0.242 e. The molecule has 1 rings (SSSR count). The topological polar surface area (TPSA) is 77.5 Å². The van der Waals surface area contributed by atoms with Crippen molar-refractivity contribution >= 4 is 21.6 Å². The minimum atomic E-state index is -3.53. The number of nitrogens with one attached hydrogen (secondary N) is 1. The summed E-state index contributed by atoms with van der Waals surface area (Å²) in [7, 11) is -1.93. The quantitative estimate of drug-likeness (QED) is 0.545. The molecule has 0 aromatic carbocycles. The van der Waals surface area contributed by atoms with Gasteiger partial charge in [0.25, 0.3) is 0 Å². The number of ether oxygens (including phenoxy) is 2. The molecule has 0 aliphatic carbocycles. The Labute approximate surface area is 118 Å². The molecule has 1 heterocycles. The summed E-state index contributed by atoms with van der Waals surface area (Å²) in [4.78, 5) is 3.83. The summed E-state index contributed by atoms with van der Waals surface area (Å²) in [5.41, 5.74) is 0. The molecule has 0 atom stereocenters. The zero-order chi connectivity index (χ0) is 14.1. The van der Waals surface area contributed by atoms with Gasteiger partial charge < -0.3 is 9.47 Å². The van der Waals surface area contributed by atoms with Gasteiger partial charge in [-0.2, -0.15) is 0 Å². The van der Waals surface area contributed by atoms with Crippen LogP contribution in [0.3, 0.4) is 0 Å². The number of rotatable bonds is 9. The van der Waals surface area contributed by atoms with E-state index in [0.29, 0.717) is 32.8 Å². The first-order valence-corrected chi connectivity index (χ1v) is 7.60. The van der Waals surface area contributed by atoms with E-state index >= 15 is 0 Å². The van der Waals surface area contributed by atoms with Gasteiger partial charge in [0, 0.05) is 26.5 Å². The maximum absolute atomic E-state index is 11.8. The number of aromatic nitrogens is 1. The third kappa shape index (κ3) is 6.31. The number of hydrogen-bond donors (Lipinski definition) is 1. The lowest BCUT2D eigenvalue weighted by atomic mass is 10.5. The first-order valence-electron chi connectivity index (χ1n) is 5.74. The Bertz CT molecular complexity index is 464. The van der Waals surface area contributed by atoms with Gasteiger partial charge in [0.2, 0.25) is 10.0 Å². The molecular weight excluding hydrogens is 292 g/mol. The maximum atomic E-state index is 11.8. The summed E-state index contributed by atoms with van der Waals surface area (Å²) < 4.78 is 36.1. The molecule has 0 fully saturated rings. The monoisotopic (exact) mass is 308 g/mol. The van der Waals surface area contributed by atoms with Crippen molar-refractivity contribution in [1.29, 1.82) is 0 Å². The molecule has 1 aromatic heterocycles. The van der Waals surface area contributed by atoms with Crippen LogP contribution in [0.2, 0.25) is 5.15 Å². The number of pyridine rings is 1. The lowest BCUT2D eigenvalue weighted by molar-refractivity contribution is 0.0699. The van der Waals surface area contributed by atoms with Crippen molar-refractivity contribution in [2.24, 2.45) is 0 Å². The van der Waals surface area contributed by atoms with Crippen LogP contribution in [0, 0.1) is 0 Å². The molecule has 108 valence electrons. The molecule has 0 bridgehead atoms. The van der Waals surface area contributed by atoms with Gasteiger partial charge in [0.1, 0.15) is 10.0 Å². The summed E-state index contributed by atoms with van der Waals surface area (Å²) in [6, 6.07) is 2.84. The van der Waals surface area contributed by atoms with E-state index in [-0.39, 0.29) is 10.0 Å². The van der Waals surface area contributed by atoms with Crippen molar-refractivity contribution in [3.8, 4) is 0 Å². The van der Waals surface area contributed by atoms with Gasteiger partial charge >= 0.3 is 0 Å². The third-order valence-corrected chi connectivity index (χ3v) is 3.87. The minimum absolute atomic E-state index is 0.0946. The summed E-state index contributed by atoms with van der Waals surface area (Å²) in [6.45, 7) is 1.81. The molecule has 0 saturated heterocycles. The van der Waals surface area contributed by atoms with E-state index in [1.54, 1.807) is 7.11 Å². The van der Waals surface area contributed by atoms with Crippen LogP contribution in [0.15, 0.2) is 23.2 Å². The second-order valence-electron chi connectivity index (χ2n) is 3.67. The van der Waals surface area contributed by atoms with Gasteiger partial charge in [-0.15, -0.1) is 0 Å². The zero-order valence-corrected chi connectivity index (χ0v) is 12.2. The van der Waals surface area contributed by atoms with Crippen molar-refractivity contribution in [2.45, 2.75) is 11.3 Å². The van der Waals surface area contributed by atoms with Crippen molar-refractivity contribution in [3.63, 3.8) is 0 Å². The van der Waals surface area contributed by atoms with Crippen LogP contribution in [0.4, 0.5) is 0 Å². The fraction of sp³-hybridized carbons (Fsp3) is 0.545. The molecule has 0 saturated carbocycles. The largest absolute Gasteiger partial charge is 0.382 e. The van der Waals surface area contributed by atoms with E-state index in [1.807, 2.05) is 0 Å². The SMILES string of the molecule is COCCOCCCNS(=O)(=O)c1ccc(Cl)nc1. The van der Waals surface area contributed by atoms with Gasteiger partial charge in [-0.3, -0.25) is 0 Å². The predicted octanol–water partition coefficient (Wildman–Crippen LogP) is 1.07. The van der Waals surface area contributed by atoms with E-state index in [2.05, 4.69) is 9.71 Å². The number of hydrogen-bond acceptors (Lipinski definition) is 5. The summed E-state index contributed by atoms with van der Waals surface area (Å²) in [5.74, 6) is 0. The Morgan fingerprint density at radius 3 is 2.74 bits per heavy atom. The van der Waals surface area contributed by atoms with E-state index in [1.165, 1.54) is 18.3 Å². The van der Waals surface area contributed by atoms with Crippen molar-refractivity contribution in [3.05, 3.63) is 23.5 Å². The Morgan fingerprint density at radius 2 is 2.11 bits per heavy atom. The Balaban J connectivity index is 2.29. The zero-order valence-electron chi connectivity index (χ0n) is 10.6. The number of methoxy groups -OCH3 is 1. The first kappa shape index (κ1) is 16.3. The highest BCUT2D eigenvalue weighted by Crippen LogP contribution is 2.10. The molecule has 1 N–H and O–H groups in total. The van der Waals surface area contributed by atoms with Gasteiger partial charge in [-0.1, -0.05) is 11.6 Å². The molecule has 0 amide bonds. The van der Waals surface area contributed by atoms with Crippen LogP contribution < -0.4 is 4.72 Å². The third-order valence-electron chi connectivity index (χ3n) is 2.20. The molecule has 0 aliphatic heterocycles.